The van der Waals surface area contributed by atoms with E-state index in [0.717, 1.165) is 22.0 Å². The van der Waals surface area contributed by atoms with Gasteiger partial charge in [-0.2, -0.15) is 13.2 Å². The van der Waals surface area contributed by atoms with Gasteiger partial charge in [-0.1, -0.05) is 12.8 Å². The Morgan fingerprint density at radius 3 is 2.50 bits per heavy atom. The van der Waals surface area contributed by atoms with Gasteiger partial charge >= 0.3 is 6.18 Å². The zero-order chi connectivity index (χ0) is 14.9. The van der Waals surface area contributed by atoms with E-state index in [0.29, 0.717) is 19.3 Å². The van der Waals surface area contributed by atoms with Crippen LogP contribution in [0.3, 0.4) is 0 Å². The van der Waals surface area contributed by atoms with Crippen LogP contribution in [0.4, 0.5) is 13.2 Å². The van der Waals surface area contributed by atoms with Gasteiger partial charge in [-0.15, -0.1) is 11.3 Å². The van der Waals surface area contributed by atoms with Gasteiger partial charge in [0.25, 0.3) is 0 Å². The van der Waals surface area contributed by atoms with Crippen molar-refractivity contribution >= 4 is 11.3 Å². The fraction of sp³-hybridized carbons (Fsp3) is 0.786. The molecule has 0 radical (unpaired) electrons. The molecule has 1 aliphatic rings. The summed E-state index contributed by atoms with van der Waals surface area (Å²) in [5.41, 5.74) is 7.05. The van der Waals surface area contributed by atoms with Crippen LogP contribution < -0.4 is 5.73 Å². The second-order valence-electron chi connectivity index (χ2n) is 5.71. The molecule has 1 fully saturated rings. The normalized spacial score (nSPS) is 25.7. The highest BCUT2D eigenvalue weighted by Crippen LogP contribution is 2.43. The third kappa shape index (κ3) is 3.52. The summed E-state index contributed by atoms with van der Waals surface area (Å²) in [7, 11) is 0. The van der Waals surface area contributed by atoms with E-state index in [2.05, 4.69) is 4.98 Å². The molecule has 0 amide bonds. The first-order valence-corrected chi connectivity index (χ1v) is 7.86. The molecule has 1 aromatic heterocycles. The second kappa shape index (κ2) is 6.02. The van der Waals surface area contributed by atoms with Crippen LogP contribution in [-0.2, 0) is 6.42 Å². The van der Waals surface area contributed by atoms with Gasteiger partial charge in [0.05, 0.1) is 16.6 Å². The maximum absolute atomic E-state index is 13.1. The zero-order valence-electron chi connectivity index (χ0n) is 11.8. The molecule has 2 nitrogen and oxygen atoms in total. The predicted octanol–water partition coefficient (Wildman–Crippen LogP) is 4.00. The Hall–Kier alpha value is -0.620. The van der Waals surface area contributed by atoms with Crippen molar-refractivity contribution in [2.24, 2.45) is 17.6 Å². The molecule has 0 saturated heterocycles. The van der Waals surface area contributed by atoms with Gasteiger partial charge < -0.3 is 5.73 Å². The lowest BCUT2D eigenvalue weighted by molar-refractivity contribution is -0.198. The number of halogens is 3. The van der Waals surface area contributed by atoms with Crippen LogP contribution in [0.25, 0.3) is 0 Å². The third-order valence-corrected chi connectivity index (χ3v) is 5.37. The van der Waals surface area contributed by atoms with Crippen molar-refractivity contribution in [1.82, 2.24) is 4.98 Å². The van der Waals surface area contributed by atoms with Crippen molar-refractivity contribution in [2.75, 3.05) is 0 Å². The van der Waals surface area contributed by atoms with Crippen LogP contribution in [-0.4, -0.2) is 17.2 Å². The van der Waals surface area contributed by atoms with Crippen molar-refractivity contribution in [1.29, 1.82) is 0 Å². The van der Waals surface area contributed by atoms with E-state index in [4.69, 9.17) is 5.73 Å². The fourth-order valence-electron chi connectivity index (χ4n) is 3.06. The lowest BCUT2D eigenvalue weighted by atomic mass is 9.74. The van der Waals surface area contributed by atoms with E-state index >= 15 is 0 Å². The maximum atomic E-state index is 13.1. The van der Waals surface area contributed by atoms with E-state index in [1.807, 2.05) is 13.8 Å². The molecular formula is C14H21F3N2S. The number of aryl methyl sites for hydroxylation is 2. The monoisotopic (exact) mass is 306 g/mol. The Morgan fingerprint density at radius 1 is 1.30 bits per heavy atom. The lowest BCUT2D eigenvalue weighted by Gasteiger charge is -2.36. The van der Waals surface area contributed by atoms with Crippen molar-refractivity contribution in [3.63, 3.8) is 0 Å². The van der Waals surface area contributed by atoms with E-state index in [1.165, 1.54) is 0 Å². The molecule has 2 N–H and O–H groups in total. The number of thiazole rings is 1. The molecule has 2 rings (SSSR count). The Morgan fingerprint density at radius 2 is 1.95 bits per heavy atom. The van der Waals surface area contributed by atoms with E-state index in [9.17, 15) is 13.2 Å². The van der Waals surface area contributed by atoms with Gasteiger partial charge in [-0.3, -0.25) is 0 Å². The lowest BCUT2D eigenvalue weighted by Crippen LogP contribution is -2.44. The molecular weight excluding hydrogens is 285 g/mol. The standard InChI is InChI=1S/C14H21F3N2S/c1-8-9(2)20-13(19-8)7-12(18)10-5-3-4-6-11(10)14(15,16)17/h10-12H,3-7,18H2,1-2H3. The molecule has 1 saturated carbocycles. The molecule has 3 atom stereocenters. The van der Waals surface area contributed by atoms with Gasteiger partial charge in [-0.25, -0.2) is 4.98 Å². The summed E-state index contributed by atoms with van der Waals surface area (Å²) in [5, 5.41) is 0.860. The summed E-state index contributed by atoms with van der Waals surface area (Å²) in [4.78, 5) is 5.50. The third-order valence-electron chi connectivity index (χ3n) is 4.27. The average Bonchev–Trinajstić information content (AvgIpc) is 2.67. The highest BCUT2D eigenvalue weighted by molar-refractivity contribution is 7.11. The minimum Gasteiger partial charge on any atom is -0.327 e. The summed E-state index contributed by atoms with van der Waals surface area (Å²) in [5.74, 6) is -1.71. The van der Waals surface area contributed by atoms with Crippen molar-refractivity contribution in [3.8, 4) is 0 Å². The zero-order valence-corrected chi connectivity index (χ0v) is 12.7. The predicted molar refractivity (Wildman–Crippen MR) is 74.8 cm³/mol. The van der Waals surface area contributed by atoms with Gasteiger partial charge in [-0.05, 0) is 32.6 Å². The van der Waals surface area contributed by atoms with Gasteiger partial charge in [0.1, 0.15) is 0 Å². The van der Waals surface area contributed by atoms with Crippen LogP contribution in [0.2, 0.25) is 0 Å². The number of rotatable bonds is 3. The molecule has 114 valence electrons. The van der Waals surface area contributed by atoms with Crippen molar-refractivity contribution in [3.05, 3.63) is 15.6 Å². The minimum absolute atomic E-state index is 0.220. The second-order valence-corrected chi connectivity index (χ2v) is 7.00. The summed E-state index contributed by atoms with van der Waals surface area (Å²) >= 11 is 1.54. The van der Waals surface area contributed by atoms with Crippen LogP contribution in [0.15, 0.2) is 0 Å². The number of nitrogens with two attached hydrogens (primary N) is 1. The quantitative estimate of drug-likeness (QED) is 0.917. The van der Waals surface area contributed by atoms with Gasteiger partial charge in [0.15, 0.2) is 0 Å². The van der Waals surface area contributed by atoms with Gasteiger partial charge in [0, 0.05) is 17.3 Å². The molecule has 0 spiro atoms. The fourth-order valence-corrected chi connectivity index (χ4v) is 4.06. The Balaban J connectivity index is 2.07. The van der Waals surface area contributed by atoms with Crippen LogP contribution in [0.5, 0.6) is 0 Å². The largest absolute Gasteiger partial charge is 0.392 e. The Labute approximate surface area is 121 Å². The Bertz CT molecular complexity index is 436. The Kier molecular flexibility index (Phi) is 4.74. The molecule has 1 aromatic rings. The van der Waals surface area contributed by atoms with Crippen LogP contribution in [0, 0.1) is 25.7 Å². The van der Waals surface area contributed by atoms with Crippen LogP contribution >= 0.6 is 11.3 Å². The molecule has 6 heteroatoms. The minimum atomic E-state index is -4.13. The molecule has 0 aliphatic heterocycles. The number of aromatic nitrogens is 1. The van der Waals surface area contributed by atoms with Crippen LogP contribution in [0.1, 0.15) is 41.3 Å². The summed E-state index contributed by atoms with van der Waals surface area (Å²) < 4.78 is 39.3. The molecule has 20 heavy (non-hydrogen) atoms. The van der Waals surface area contributed by atoms with E-state index in [1.54, 1.807) is 11.3 Å². The molecule has 0 aromatic carbocycles. The first-order chi connectivity index (χ1) is 9.29. The highest BCUT2D eigenvalue weighted by atomic mass is 32.1. The van der Waals surface area contributed by atoms with Crippen molar-refractivity contribution in [2.45, 2.75) is 58.2 Å². The summed E-state index contributed by atoms with van der Waals surface area (Å²) in [6.45, 7) is 3.89. The molecule has 1 heterocycles. The number of hydrogen-bond acceptors (Lipinski definition) is 3. The van der Waals surface area contributed by atoms with E-state index in [-0.39, 0.29) is 6.42 Å². The smallest absolute Gasteiger partial charge is 0.327 e. The molecule has 1 aliphatic carbocycles. The first kappa shape index (κ1) is 15.8. The topological polar surface area (TPSA) is 38.9 Å². The number of hydrogen-bond donors (Lipinski definition) is 1. The number of nitrogens with zero attached hydrogens (tertiary/aromatic N) is 1. The average molecular weight is 306 g/mol. The van der Waals surface area contributed by atoms with Crippen molar-refractivity contribution < 1.29 is 13.2 Å². The highest BCUT2D eigenvalue weighted by Gasteiger charge is 2.47. The summed E-state index contributed by atoms with van der Waals surface area (Å²) in [6, 6.07) is -0.452. The molecule has 0 bridgehead atoms. The van der Waals surface area contributed by atoms with Gasteiger partial charge in [0.2, 0.25) is 0 Å². The SMILES string of the molecule is Cc1nc(CC(N)C2CCCCC2C(F)(F)F)sc1C. The maximum Gasteiger partial charge on any atom is 0.392 e. The number of alkyl halides is 3. The van der Waals surface area contributed by atoms with E-state index < -0.39 is 24.1 Å². The molecule has 3 unspecified atom stereocenters. The summed E-state index contributed by atoms with van der Waals surface area (Å²) in [6.07, 6.45) is -1.37. The first-order valence-electron chi connectivity index (χ1n) is 7.04.